The Labute approximate surface area is 653 Å². The molecule has 0 aromatic heterocycles. The minimum absolute atomic E-state index is 0.105. The van der Waals surface area contributed by atoms with Gasteiger partial charge in [0.05, 0.1) is 26.4 Å². The van der Waals surface area contributed by atoms with E-state index in [4.69, 9.17) is 32.3 Å². The lowest BCUT2D eigenvalue weighted by atomic mass is 10.0. The van der Waals surface area contributed by atoms with Gasteiger partial charge in [0.15, 0.2) is 6.10 Å². The number of aliphatic hydroxyl groups is 2. The Morgan fingerprint density at radius 1 is 0.271 bits per heavy atom. The zero-order valence-electron chi connectivity index (χ0n) is 67.8. The molecule has 0 bridgehead atoms. The highest BCUT2D eigenvalue weighted by molar-refractivity contribution is 7.47. The molecule has 18 heteroatoms. The fourth-order valence-electron chi connectivity index (χ4n) is 11.7. The molecular weight excluding hydrogens is 1390 g/mol. The van der Waals surface area contributed by atoms with Crippen molar-refractivity contribution in [1.82, 2.24) is 0 Å². The molecule has 0 aromatic rings. The highest BCUT2D eigenvalue weighted by Crippen LogP contribution is 2.45. The molecular formula is C89H156O16P2. The van der Waals surface area contributed by atoms with Crippen molar-refractivity contribution >= 4 is 33.6 Å². The average molecular weight is 1540 g/mol. The maximum Gasteiger partial charge on any atom is 0.472 e. The van der Waals surface area contributed by atoms with E-state index in [9.17, 15) is 43.5 Å². The van der Waals surface area contributed by atoms with Crippen LogP contribution in [0, 0.1) is 0 Å². The Morgan fingerprint density at radius 3 is 0.804 bits per heavy atom. The average Bonchev–Trinajstić information content (AvgIpc) is 0.909. The van der Waals surface area contributed by atoms with Crippen LogP contribution in [0.4, 0.5) is 0 Å². The fourth-order valence-corrected chi connectivity index (χ4v) is 13.3. The number of hydrogen-bond acceptors (Lipinski definition) is 14. The van der Waals surface area contributed by atoms with Gasteiger partial charge in [-0.15, -0.1) is 0 Å². The number of aliphatic hydroxyl groups excluding tert-OH is 2. The maximum atomic E-state index is 13.0. The minimum Gasteiger partial charge on any atom is -0.463 e. The smallest absolute Gasteiger partial charge is 0.463 e. The number of carbonyl (C=O) groups is 3. The van der Waals surface area contributed by atoms with E-state index >= 15 is 0 Å². The van der Waals surface area contributed by atoms with Gasteiger partial charge in [0.25, 0.3) is 0 Å². The fraction of sp³-hybridized carbons (Fsp3) is 0.742. The topological polar surface area (TPSA) is 231 Å². The van der Waals surface area contributed by atoms with Crippen LogP contribution in [0.3, 0.4) is 0 Å². The first-order valence-corrected chi connectivity index (χ1v) is 45.8. The largest absolute Gasteiger partial charge is 0.472 e. The Balaban J connectivity index is 4.39. The number of ether oxygens (including phenoxy) is 3. The summed E-state index contributed by atoms with van der Waals surface area (Å²) in [5.41, 5.74) is 0. The number of hydrogen-bond donors (Lipinski definition) is 4. The van der Waals surface area contributed by atoms with Gasteiger partial charge in [0.1, 0.15) is 25.4 Å². The van der Waals surface area contributed by atoms with Crippen LogP contribution in [-0.2, 0) is 55.8 Å². The van der Waals surface area contributed by atoms with Crippen molar-refractivity contribution < 1.29 is 75.8 Å². The first kappa shape index (κ1) is 103. The summed E-state index contributed by atoms with van der Waals surface area (Å²) in [6.45, 7) is 2.57. The van der Waals surface area contributed by atoms with E-state index in [1.807, 2.05) is 0 Å². The van der Waals surface area contributed by atoms with Gasteiger partial charge in [-0.25, -0.2) is 9.13 Å². The zero-order chi connectivity index (χ0) is 78.0. The van der Waals surface area contributed by atoms with Crippen molar-refractivity contribution in [2.45, 2.75) is 386 Å². The van der Waals surface area contributed by atoms with Crippen molar-refractivity contribution in [3.8, 4) is 0 Å². The molecule has 0 spiro atoms. The molecule has 0 aliphatic heterocycles. The molecule has 107 heavy (non-hydrogen) atoms. The second kappa shape index (κ2) is 81.4. The molecule has 0 radical (unpaired) electrons. The predicted molar refractivity (Wildman–Crippen MR) is 445 cm³/mol. The number of phosphoric ester groups is 2. The molecule has 618 valence electrons. The van der Waals surface area contributed by atoms with Gasteiger partial charge in [0.2, 0.25) is 0 Å². The molecule has 0 amide bonds. The Hall–Kier alpha value is -4.05. The summed E-state index contributed by atoms with van der Waals surface area (Å²) in [6.07, 6.45) is 98.3. The second-order valence-corrected chi connectivity index (χ2v) is 31.5. The third-order valence-corrected chi connectivity index (χ3v) is 20.1. The van der Waals surface area contributed by atoms with Gasteiger partial charge < -0.3 is 34.2 Å². The molecule has 0 aliphatic rings. The lowest BCUT2D eigenvalue weighted by Crippen LogP contribution is -2.30. The number of carbonyl (C=O) groups excluding carboxylic acids is 3. The lowest BCUT2D eigenvalue weighted by molar-refractivity contribution is -0.161. The summed E-state index contributed by atoms with van der Waals surface area (Å²) < 4.78 is 61.2. The van der Waals surface area contributed by atoms with E-state index in [0.29, 0.717) is 19.3 Å². The first-order chi connectivity index (χ1) is 52.2. The number of allylic oxidation sites excluding steroid dienone is 20. The normalized spacial score (nSPS) is 14.5. The number of phosphoric acid groups is 2. The van der Waals surface area contributed by atoms with Crippen LogP contribution in [0.5, 0.6) is 0 Å². The number of unbranched alkanes of at least 4 members (excludes halogenated alkanes) is 38. The van der Waals surface area contributed by atoms with Crippen molar-refractivity contribution in [1.29, 1.82) is 0 Å². The van der Waals surface area contributed by atoms with Crippen molar-refractivity contribution in [3.63, 3.8) is 0 Å². The molecule has 0 aliphatic carbocycles. The van der Waals surface area contributed by atoms with Gasteiger partial charge >= 0.3 is 33.6 Å². The molecule has 0 rings (SSSR count). The van der Waals surface area contributed by atoms with E-state index in [2.05, 4.69) is 142 Å². The van der Waals surface area contributed by atoms with Crippen LogP contribution in [0.2, 0.25) is 0 Å². The standard InChI is InChI=1S/C89H156O16P2/c1-4-7-10-13-16-19-22-25-27-29-31-33-35-36-37-38-39-40-41-42-43-44-45-46-48-50-51-53-55-58-60-63-66-69-72-75-87(92)99-78-84(90)79-101-106(95,96)102-80-85(91)81-103-107(97,98)104-83-86(105-89(94)77-74-71-68-65-62-57-24-21-18-15-12-9-6-3)82-100-88(93)76-73-70-67-64-61-59-56-54-52-49-47-34-32-30-28-26-23-20-17-14-11-8-5-2/h7,10,16-17,19-20,25-28,31-34,36-37,39-40,49,52,84-86,90-91H,4-6,8-9,11-15,18,21-24,29-30,35,38,41-48,50-51,53-83H2,1-3H3,(H,95,96)(H,97,98)/b10-7-,19-16-,20-17-,27-25-,28-26-,33-31-,34-32-,37-36-,40-39-,52-49-. The number of rotatable bonds is 81. The molecule has 0 fully saturated rings. The predicted octanol–water partition coefficient (Wildman–Crippen LogP) is 25.7. The molecule has 0 saturated carbocycles. The van der Waals surface area contributed by atoms with Crippen LogP contribution in [0.15, 0.2) is 122 Å². The Bertz CT molecular complexity index is 2430. The summed E-state index contributed by atoms with van der Waals surface area (Å²) in [6, 6.07) is 0. The van der Waals surface area contributed by atoms with Gasteiger partial charge in [-0.2, -0.15) is 0 Å². The van der Waals surface area contributed by atoms with Crippen LogP contribution in [0.25, 0.3) is 0 Å². The number of esters is 3. The summed E-state index contributed by atoms with van der Waals surface area (Å²) in [5.74, 6) is -1.57. The van der Waals surface area contributed by atoms with E-state index in [0.717, 1.165) is 148 Å². The van der Waals surface area contributed by atoms with E-state index < -0.39 is 91.5 Å². The Kier molecular flexibility index (Phi) is 78.4. The van der Waals surface area contributed by atoms with Crippen molar-refractivity contribution in [2.75, 3.05) is 39.6 Å². The summed E-state index contributed by atoms with van der Waals surface area (Å²) >= 11 is 0. The second-order valence-electron chi connectivity index (χ2n) is 28.6. The van der Waals surface area contributed by atoms with Crippen LogP contribution < -0.4 is 0 Å². The molecule has 0 heterocycles. The van der Waals surface area contributed by atoms with Gasteiger partial charge in [-0.05, 0) is 116 Å². The van der Waals surface area contributed by atoms with E-state index in [1.54, 1.807) is 0 Å². The summed E-state index contributed by atoms with van der Waals surface area (Å²) in [4.78, 5) is 58.7. The van der Waals surface area contributed by atoms with Crippen LogP contribution >= 0.6 is 15.6 Å². The Morgan fingerprint density at radius 2 is 0.495 bits per heavy atom. The first-order valence-electron chi connectivity index (χ1n) is 42.8. The van der Waals surface area contributed by atoms with Gasteiger partial charge in [-0.3, -0.25) is 32.5 Å². The molecule has 0 saturated heterocycles. The van der Waals surface area contributed by atoms with Crippen molar-refractivity contribution in [3.05, 3.63) is 122 Å². The van der Waals surface area contributed by atoms with Crippen molar-refractivity contribution in [2.24, 2.45) is 0 Å². The SMILES string of the molecule is CC/C=C\C/C=C\C/C=C\C/C=C\C/C=C\C/C=C\CCCCCCCCCCCCCCCCCCC(=O)OCC(O)COP(=O)(O)OCC(O)COP(=O)(O)OCC(COC(=O)CCCCCCCCC/C=C\C/C=C\C/C=C\C/C=C\CCCCC)OC(=O)CCCCCCCCCCCCCCC. The molecule has 4 N–H and O–H groups in total. The van der Waals surface area contributed by atoms with Gasteiger partial charge in [-0.1, -0.05) is 354 Å². The highest BCUT2D eigenvalue weighted by atomic mass is 31.2. The minimum atomic E-state index is -4.93. The maximum absolute atomic E-state index is 13.0. The monoisotopic (exact) mass is 1540 g/mol. The van der Waals surface area contributed by atoms with Gasteiger partial charge in [0, 0.05) is 19.3 Å². The van der Waals surface area contributed by atoms with E-state index in [-0.39, 0.29) is 19.3 Å². The quantitative estimate of drug-likeness (QED) is 0.0146. The summed E-state index contributed by atoms with van der Waals surface area (Å²) in [5, 5.41) is 20.7. The van der Waals surface area contributed by atoms with Crippen LogP contribution in [0.1, 0.15) is 367 Å². The molecule has 5 unspecified atom stereocenters. The third kappa shape index (κ3) is 82.7. The summed E-state index contributed by atoms with van der Waals surface area (Å²) in [7, 11) is -9.79. The molecule has 16 nitrogen and oxygen atoms in total. The zero-order valence-corrected chi connectivity index (χ0v) is 69.6. The molecule has 0 aromatic carbocycles. The van der Waals surface area contributed by atoms with Crippen LogP contribution in [-0.4, -0.2) is 95.9 Å². The highest BCUT2D eigenvalue weighted by Gasteiger charge is 2.29. The third-order valence-electron chi connectivity index (χ3n) is 18.2. The lowest BCUT2D eigenvalue weighted by Gasteiger charge is -2.21. The van der Waals surface area contributed by atoms with E-state index in [1.165, 1.54) is 161 Å². The molecule has 5 atom stereocenters.